The highest BCUT2D eigenvalue weighted by Crippen LogP contribution is 2.35. The Kier molecular flexibility index (Phi) is 3.86. The van der Waals surface area contributed by atoms with Gasteiger partial charge in [0.05, 0.1) is 5.52 Å². The van der Waals surface area contributed by atoms with Gasteiger partial charge in [-0.1, -0.05) is 29.5 Å². The molecule has 108 valence electrons. The highest BCUT2D eigenvalue weighted by molar-refractivity contribution is 8.01. The average Bonchev–Trinajstić information content (AvgIpc) is 2.96. The van der Waals surface area contributed by atoms with E-state index in [1.54, 1.807) is 0 Å². The van der Waals surface area contributed by atoms with Crippen molar-refractivity contribution in [2.45, 2.75) is 9.37 Å². The van der Waals surface area contributed by atoms with E-state index in [1.807, 2.05) is 43.3 Å². The van der Waals surface area contributed by atoms with Crippen LogP contribution in [0.4, 0.5) is 11.1 Å². The van der Waals surface area contributed by atoms with Gasteiger partial charge in [-0.15, -0.1) is 10.2 Å². The summed E-state index contributed by atoms with van der Waals surface area (Å²) in [5.41, 5.74) is 3.33. The number of anilines is 2. The third-order valence-corrected chi connectivity index (χ3v) is 4.81. The average molecular weight is 319 g/mol. The Balaban J connectivity index is 2.02. The fraction of sp³-hybridized carbons (Fsp3) is 0.167. The fourth-order valence-electron chi connectivity index (χ4n) is 1.70. The zero-order valence-corrected chi connectivity index (χ0v) is 13.1. The minimum atomic E-state index is 0.383. The molecular formula is C12H13N7S2. The first-order valence-corrected chi connectivity index (χ1v) is 7.73. The summed E-state index contributed by atoms with van der Waals surface area (Å²) in [5, 5.41) is 10.9. The number of para-hydroxylation sites is 1. The molecule has 21 heavy (non-hydrogen) atoms. The maximum absolute atomic E-state index is 5.43. The summed E-state index contributed by atoms with van der Waals surface area (Å²) in [6.45, 7) is 0. The second-order valence-corrected chi connectivity index (χ2v) is 6.55. The van der Waals surface area contributed by atoms with Gasteiger partial charge in [0.1, 0.15) is 5.03 Å². The topological polar surface area (TPSA) is 92.9 Å². The molecule has 0 atom stereocenters. The zero-order chi connectivity index (χ0) is 14.8. The first-order valence-electron chi connectivity index (χ1n) is 6.09. The number of nitrogens with one attached hydrogen (secondary N) is 1. The van der Waals surface area contributed by atoms with Crippen LogP contribution in [0.1, 0.15) is 0 Å². The van der Waals surface area contributed by atoms with Gasteiger partial charge in [-0.3, -0.25) is 5.43 Å². The normalized spacial score (nSPS) is 10.8. The number of fused-ring (bicyclic) bond motifs is 1. The second-order valence-electron chi connectivity index (χ2n) is 4.36. The number of nitrogens with zero attached hydrogens (tertiary/aromatic N) is 5. The summed E-state index contributed by atoms with van der Waals surface area (Å²) in [5.74, 6) is 5.81. The lowest BCUT2D eigenvalue weighted by atomic mass is 10.2. The summed E-state index contributed by atoms with van der Waals surface area (Å²) < 4.78 is 0.825. The molecule has 0 bridgehead atoms. The Morgan fingerprint density at radius 2 is 2.00 bits per heavy atom. The van der Waals surface area contributed by atoms with E-state index in [0.29, 0.717) is 5.95 Å². The van der Waals surface area contributed by atoms with Crippen molar-refractivity contribution in [2.24, 2.45) is 5.84 Å². The molecular weight excluding hydrogens is 306 g/mol. The predicted octanol–water partition coefficient (Wildman–Crippen LogP) is 1.98. The van der Waals surface area contributed by atoms with Crippen molar-refractivity contribution in [3.63, 3.8) is 0 Å². The van der Waals surface area contributed by atoms with Crippen LogP contribution < -0.4 is 16.2 Å². The van der Waals surface area contributed by atoms with Crippen molar-refractivity contribution in [3.05, 3.63) is 24.3 Å². The van der Waals surface area contributed by atoms with E-state index in [4.69, 9.17) is 5.84 Å². The molecule has 0 saturated carbocycles. The van der Waals surface area contributed by atoms with E-state index in [-0.39, 0.29) is 0 Å². The van der Waals surface area contributed by atoms with Crippen LogP contribution in [0.2, 0.25) is 0 Å². The van der Waals surface area contributed by atoms with Gasteiger partial charge < -0.3 is 4.90 Å². The number of hydrogen-bond acceptors (Lipinski definition) is 9. The Bertz CT molecular complexity index is 771. The third-order valence-electron chi connectivity index (χ3n) is 2.66. The first kappa shape index (κ1) is 14.0. The van der Waals surface area contributed by atoms with Gasteiger partial charge in [0.25, 0.3) is 0 Å². The van der Waals surface area contributed by atoms with E-state index in [1.165, 1.54) is 23.1 Å². The molecule has 0 aliphatic carbocycles. The van der Waals surface area contributed by atoms with E-state index in [2.05, 4.69) is 25.6 Å². The minimum Gasteiger partial charge on any atom is -0.353 e. The van der Waals surface area contributed by atoms with Crippen molar-refractivity contribution < 1.29 is 0 Å². The van der Waals surface area contributed by atoms with Crippen LogP contribution in [0.5, 0.6) is 0 Å². The molecule has 7 nitrogen and oxygen atoms in total. The van der Waals surface area contributed by atoms with E-state index < -0.39 is 0 Å². The van der Waals surface area contributed by atoms with Crippen LogP contribution in [0.3, 0.4) is 0 Å². The number of rotatable bonds is 4. The Morgan fingerprint density at radius 3 is 2.71 bits per heavy atom. The number of benzene rings is 1. The molecule has 0 unspecified atom stereocenters. The molecule has 0 aliphatic rings. The molecule has 0 saturated heterocycles. The molecule has 0 fully saturated rings. The maximum atomic E-state index is 5.43. The van der Waals surface area contributed by atoms with Crippen molar-refractivity contribution in [3.8, 4) is 0 Å². The van der Waals surface area contributed by atoms with Gasteiger partial charge in [0, 0.05) is 19.5 Å². The molecule has 9 heteroatoms. The third kappa shape index (κ3) is 2.89. The van der Waals surface area contributed by atoms with E-state index >= 15 is 0 Å². The number of aromatic nitrogens is 4. The van der Waals surface area contributed by atoms with Crippen molar-refractivity contribution in [1.82, 2.24) is 20.2 Å². The van der Waals surface area contributed by atoms with Gasteiger partial charge in [0.15, 0.2) is 4.34 Å². The van der Waals surface area contributed by atoms with E-state index in [9.17, 15) is 0 Å². The summed E-state index contributed by atoms with van der Waals surface area (Å²) >= 11 is 2.97. The van der Waals surface area contributed by atoms with Crippen molar-refractivity contribution in [1.29, 1.82) is 0 Å². The lowest BCUT2D eigenvalue weighted by molar-refractivity contribution is 0.970. The molecule has 1 aromatic carbocycles. The van der Waals surface area contributed by atoms with Crippen molar-refractivity contribution >= 4 is 45.1 Å². The standard InChI is InChI=1S/C12H13N7S2/c1-19(2)11-17-18-12(21-11)20-9-7-5-3-4-6-8(7)14-10(15-9)16-13/h3-6H,13H2,1-2H3,(H,14,15,16). The number of nitrogen functional groups attached to an aromatic ring is 1. The predicted molar refractivity (Wildman–Crippen MR) is 85.7 cm³/mol. The Labute approximate surface area is 129 Å². The Hall–Kier alpha value is -1.97. The van der Waals surface area contributed by atoms with Gasteiger partial charge in [0.2, 0.25) is 11.1 Å². The van der Waals surface area contributed by atoms with Gasteiger partial charge in [-0.05, 0) is 17.8 Å². The molecule has 0 radical (unpaired) electrons. The monoisotopic (exact) mass is 319 g/mol. The van der Waals surface area contributed by atoms with E-state index in [0.717, 1.165) is 25.4 Å². The van der Waals surface area contributed by atoms with Gasteiger partial charge >= 0.3 is 0 Å². The van der Waals surface area contributed by atoms with Gasteiger partial charge in [-0.25, -0.2) is 15.8 Å². The second kappa shape index (κ2) is 5.80. The smallest absolute Gasteiger partial charge is 0.238 e. The summed E-state index contributed by atoms with van der Waals surface area (Å²) in [6.07, 6.45) is 0. The minimum absolute atomic E-state index is 0.383. The van der Waals surface area contributed by atoms with Crippen LogP contribution in [0.15, 0.2) is 33.6 Å². The van der Waals surface area contributed by atoms with Gasteiger partial charge in [-0.2, -0.15) is 0 Å². The highest BCUT2D eigenvalue weighted by Gasteiger charge is 2.12. The zero-order valence-electron chi connectivity index (χ0n) is 11.4. The molecule has 3 N–H and O–H groups in total. The lowest BCUT2D eigenvalue weighted by Crippen LogP contribution is -2.10. The fourth-order valence-corrected chi connectivity index (χ4v) is 3.49. The summed E-state index contributed by atoms with van der Waals surface area (Å²) in [7, 11) is 3.87. The Morgan fingerprint density at radius 1 is 1.19 bits per heavy atom. The molecule has 2 heterocycles. The molecule has 0 spiro atoms. The van der Waals surface area contributed by atoms with Crippen LogP contribution >= 0.6 is 23.1 Å². The van der Waals surface area contributed by atoms with Crippen LogP contribution in [-0.4, -0.2) is 34.3 Å². The molecule has 0 amide bonds. The molecule has 0 aliphatic heterocycles. The van der Waals surface area contributed by atoms with Crippen LogP contribution in [-0.2, 0) is 0 Å². The summed E-state index contributed by atoms with van der Waals surface area (Å²) in [4.78, 5) is 10.7. The first-order chi connectivity index (χ1) is 10.2. The van der Waals surface area contributed by atoms with Crippen LogP contribution in [0, 0.1) is 0 Å². The lowest BCUT2D eigenvalue weighted by Gasteiger charge is -2.06. The molecule has 2 aromatic heterocycles. The summed E-state index contributed by atoms with van der Waals surface area (Å²) in [6, 6.07) is 7.79. The maximum Gasteiger partial charge on any atom is 0.238 e. The SMILES string of the molecule is CN(C)c1nnc(Sc2nc(NN)nc3ccccc23)s1. The highest BCUT2D eigenvalue weighted by atomic mass is 32.2. The largest absolute Gasteiger partial charge is 0.353 e. The van der Waals surface area contributed by atoms with Crippen molar-refractivity contribution in [2.75, 3.05) is 24.4 Å². The number of hydrazine groups is 1. The number of nitrogens with two attached hydrogens (primary N) is 1. The quantitative estimate of drug-likeness (QED) is 0.428. The number of hydrogen-bond donors (Lipinski definition) is 2. The molecule has 3 aromatic rings. The molecule has 3 rings (SSSR count). The van der Waals surface area contributed by atoms with Crippen LogP contribution in [0.25, 0.3) is 10.9 Å².